The van der Waals surface area contributed by atoms with Gasteiger partial charge in [-0.05, 0) is 30.7 Å². The number of anilines is 1. The zero-order valence-electron chi connectivity index (χ0n) is 9.95. The van der Waals surface area contributed by atoms with Crippen LogP contribution in [0, 0.1) is 5.41 Å². The molecule has 0 fully saturated rings. The molecule has 17 heavy (non-hydrogen) atoms. The smallest absolute Gasteiger partial charge is 0.376 e. The Morgan fingerprint density at radius 1 is 1.35 bits per heavy atom. The number of benzene rings is 1. The molecule has 0 radical (unpaired) electrons. The van der Waals surface area contributed by atoms with Crippen molar-refractivity contribution in [1.29, 1.82) is 5.41 Å². The second-order valence-electron chi connectivity index (χ2n) is 3.45. The van der Waals surface area contributed by atoms with Crippen molar-refractivity contribution in [2.45, 2.75) is 19.8 Å². The van der Waals surface area contributed by atoms with Gasteiger partial charge in [0.05, 0.1) is 12.8 Å². The van der Waals surface area contributed by atoms with E-state index in [0.29, 0.717) is 12.1 Å². The summed E-state index contributed by atoms with van der Waals surface area (Å²) in [6.07, 6.45) is 1.17. The molecule has 0 heterocycles. The van der Waals surface area contributed by atoms with Gasteiger partial charge in [-0.2, -0.15) is 0 Å². The lowest BCUT2D eigenvalue weighted by Gasteiger charge is -2.07. The monoisotopic (exact) mass is 236 g/mol. The van der Waals surface area contributed by atoms with Gasteiger partial charge in [-0.3, -0.25) is 5.41 Å². The van der Waals surface area contributed by atoms with E-state index >= 15 is 0 Å². The second kappa shape index (κ2) is 6.52. The molecule has 0 aliphatic rings. The van der Waals surface area contributed by atoms with Gasteiger partial charge in [0.25, 0.3) is 0 Å². The van der Waals surface area contributed by atoms with E-state index in [9.17, 15) is 4.79 Å². The van der Waals surface area contributed by atoms with Gasteiger partial charge in [0.1, 0.15) is 11.5 Å². The van der Waals surface area contributed by atoms with Crippen molar-refractivity contribution in [3.05, 3.63) is 24.3 Å². The molecule has 92 valence electrons. The fourth-order valence-electron chi connectivity index (χ4n) is 1.18. The van der Waals surface area contributed by atoms with Crippen LogP contribution in [0.25, 0.3) is 0 Å². The summed E-state index contributed by atoms with van der Waals surface area (Å²) >= 11 is 0. The van der Waals surface area contributed by atoms with E-state index in [1.54, 1.807) is 31.4 Å². The number of hydrogen-bond donors (Lipinski definition) is 2. The molecule has 0 saturated carbocycles. The van der Waals surface area contributed by atoms with Gasteiger partial charge in [0.15, 0.2) is 0 Å². The summed E-state index contributed by atoms with van der Waals surface area (Å²) in [5.74, 6) is 0.0725. The van der Waals surface area contributed by atoms with Crippen molar-refractivity contribution in [1.82, 2.24) is 0 Å². The third-order valence-electron chi connectivity index (χ3n) is 2.10. The van der Waals surface area contributed by atoms with E-state index in [1.165, 1.54) is 0 Å². The van der Waals surface area contributed by atoms with Crippen LogP contribution in [0.5, 0.6) is 5.75 Å². The molecule has 1 aromatic carbocycles. The molecule has 0 aromatic heterocycles. The van der Waals surface area contributed by atoms with Gasteiger partial charge >= 0.3 is 5.97 Å². The van der Waals surface area contributed by atoms with Crippen LogP contribution >= 0.6 is 0 Å². The molecule has 0 bridgehead atoms. The zero-order chi connectivity index (χ0) is 12.7. The highest BCUT2D eigenvalue weighted by Crippen LogP contribution is 2.14. The summed E-state index contributed by atoms with van der Waals surface area (Å²) in [5.41, 5.74) is 3.08. The van der Waals surface area contributed by atoms with E-state index in [-0.39, 0.29) is 5.71 Å². The summed E-state index contributed by atoms with van der Waals surface area (Å²) in [6, 6.07) is 6.92. The number of carbonyl (C=O) groups is 1. The number of carbonyl (C=O) groups excluding carboxylic acids is 1. The number of methoxy groups -OCH3 is 1. The van der Waals surface area contributed by atoms with Crippen molar-refractivity contribution in [3.8, 4) is 5.75 Å². The van der Waals surface area contributed by atoms with Crippen LogP contribution in [0.3, 0.4) is 0 Å². The average Bonchev–Trinajstić information content (AvgIpc) is 2.36. The largest absolute Gasteiger partial charge is 0.497 e. The molecule has 1 rings (SSSR count). The Labute approximate surface area is 100 Å². The van der Waals surface area contributed by atoms with Crippen LogP contribution in [0.2, 0.25) is 0 Å². The molecule has 0 aliphatic heterocycles. The Hall–Kier alpha value is -2.04. The molecule has 0 atom stereocenters. The minimum Gasteiger partial charge on any atom is -0.497 e. The lowest BCUT2D eigenvalue weighted by molar-refractivity contribution is -0.133. The van der Waals surface area contributed by atoms with Crippen LogP contribution in [-0.4, -0.2) is 18.8 Å². The summed E-state index contributed by atoms with van der Waals surface area (Å²) in [4.78, 5) is 16.1. The van der Waals surface area contributed by atoms with Gasteiger partial charge < -0.3 is 9.57 Å². The van der Waals surface area contributed by atoms with E-state index in [4.69, 9.17) is 15.0 Å². The first-order valence-electron chi connectivity index (χ1n) is 5.36. The molecular weight excluding hydrogens is 220 g/mol. The molecule has 5 nitrogen and oxygen atoms in total. The number of hydrogen-bond acceptors (Lipinski definition) is 5. The maximum absolute atomic E-state index is 11.3. The highest BCUT2D eigenvalue weighted by molar-refractivity contribution is 6.35. The maximum Gasteiger partial charge on any atom is 0.376 e. The van der Waals surface area contributed by atoms with Crippen molar-refractivity contribution in [2.75, 3.05) is 12.6 Å². The van der Waals surface area contributed by atoms with Crippen molar-refractivity contribution in [3.63, 3.8) is 0 Å². The van der Waals surface area contributed by atoms with Crippen LogP contribution in [-0.2, 0) is 9.63 Å². The standard InChI is InChI=1S/C12H16N2O3/c1-3-4-11(13)12(15)17-14-9-5-7-10(16-2)8-6-9/h5-8,13-14H,3-4H2,1-2H3. The van der Waals surface area contributed by atoms with Crippen LogP contribution in [0.1, 0.15) is 19.8 Å². The minimum atomic E-state index is -0.650. The van der Waals surface area contributed by atoms with Crippen LogP contribution in [0.4, 0.5) is 5.69 Å². The van der Waals surface area contributed by atoms with Crippen LogP contribution < -0.4 is 10.2 Å². The van der Waals surface area contributed by atoms with E-state index < -0.39 is 5.97 Å². The van der Waals surface area contributed by atoms with Gasteiger partial charge in [0, 0.05) is 0 Å². The fraction of sp³-hybridized carbons (Fsp3) is 0.333. The van der Waals surface area contributed by atoms with E-state index in [1.807, 2.05) is 6.92 Å². The van der Waals surface area contributed by atoms with Gasteiger partial charge in [-0.1, -0.05) is 13.3 Å². The summed E-state index contributed by atoms with van der Waals surface area (Å²) in [7, 11) is 1.58. The normalized spacial score (nSPS) is 9.53. The van der Waals surface area contributed by atoms with Gasteiger partial charge in [-0.15, -0.1) is 0 Å². The number of nitrogens with one attached hydrogen (secondary N) is 2. The second-order valence-corrected chi connectivity index (χ2v) is 3.45. The molecule has 5 heteroatoms. The van der Waals surface area contributed by atoms with E-state index in [2.05, 4.69) is 5.48 Å². The Kier molecular flexibility index (Phi) is 5.00. The Balaban J connectivity index is 2.44. The number of rotatable bonds is 6. The summed E-state index contributed by atoms with van der Waals surface area (Å²) in [5, 5.41) is 7.39. The van der Waals surface area contributed by atoms with Gasteiger partial charge in [0.2, 0.25) is 0 Å². The third-order valence-corrected chi connectivity index (χ3v) is 2.10. The van der Waals surface area contributed by atoms with Crippen molar-refractivity contribution < 1.29 is 14.4 Å². The lowest BCUT2D eigenvalue weighted by Crippen LogP contribution is -2.19. The zero-order valence-corrected chi connectivity index (χ0v) is 9.95. The lowest BCUT2D eigenvalue weighted by atomic mass is 10.2. The maximum atomic E-state index is 11.3. The SMILES string of the molecule is CCCC(=N)C(=O)ONc1ccc(OC)cc1. The molecule has 2 N–H and O–H groups in total. The Morgan fingerprint density at radius 3 is 2.53 bits per heavy atom. The van der Waals surface area contributed by atoms with E-state index in [0.717, 1.165) is 12.2 Å². The average molecular weight is 236 g/mol. The summed E-state index contributed by atoms with van der Waals surface area (Å²) in [6.45, 7) is 1.90. The number of ether oxygens (including phenoxy) is 1. The molecule has 0 saturated heterocycles. The Bertz CT molecular complexity index is 387. The quantitative estimate of drug-likeness (QED) is 0.587. The van der Waals surface area contributed by atoms with Crippen molar-refractivity contribution >= 4 is 17.4 Å². The predicted molar refractivity (Wildman–Crippen MR) is 65.3 cm³/mol. The highest BCUT2D eigenvalue weighted by atomic mass is 16.7. The third kappa shape index (κ3) is 4.14. The summed E-state index contributed by atoms with van der Waals surface area (Å²) < 4.78 is 5.00. The molecular formula is C12H16N2O3. The molecule has 1 aromatic rings. The van der Waals surface area contributed by atoms with Crippen molar-refractivity contribution in [2.24, 2.45) is 0 Å². The minimum absolute atomic E-state index is 0.0338. The molecule has 0 unspecified atom stereocenters. The first-order valence-corrected chi connectivity index (χ1v) is 5.36. The predicted octanol–water partition coefficient (Wildman–Crippen LogP) is 2.39. The first-order chi connectivity index (χ1) is 8.17. The first kappa shape index (κ1) is 13.0. The van der Waals surface area contributed by atoms with Gasteiger partial charge in [-0.25, -0.2) is 10.3 Å². The molecule has 0 aliphatic carbocycles. The Morgan fingerprint density at radius 2 is 2.00 bits per heavy atom. The highest BCUT2D eigenvalue weighted by Gasteiger charge is 2.09. The molecule has 0 spiro atoms. The fourth-order valence-corrected chi connectivity index (χ4v) is 1.18. The molecule has 0 amide bonds. The topological polar surface area (TPSA) is 71.4 Å². The van der Waals surface area contributed by atoms with Crippen LogP contribution in [0.15, 0.2) is 24.3 Å².